The first-order valence-corrected chi connectivity index (χ1v) is 8.67. The highest BCUT2D eigenvalue weighted by molar-refractivity contribution is 7.99. The molecule has 0 unspecified atom stereocenters. The van der Waals surface area contributed by atoms with E-state index >= 15 is 0 Å². The predicted molar refractivity (Wildman–Crippen MR) is 77.5 cm³/mol. The Morgan fingerprint density at radius 2 is 2.10 bits per heavy atom. The summed E-state index contributed by atoms with van der Waals surface area (Å²) in [7, 11) is 0. The van der Waals surface area contributed by atoms with E-state index in [4.69, 9.17) is 4.74 Å². The molecule has 3 rings (SSSR count). The van der Waals surface area contributed by atoms with Gasteiger partial charge in [-0.2, -0.15) is 11.8 Å². The molecule has 3 heterocycles. The summed E-state index contributed by atoms with van der Waals surface area (Å²) < 4.78 is 5.76. The number of nitrogens with zero attached hydrogens (tertiary/aromatic N) is 1. The van der Waals surface area contributed by atoms with Crippen LogP contribution in [0.5, 0.6) is 0 Å². The van der Waals surface area contributed by atoms with E-state index in [1.54, 1.807) is 0 Å². The van der Waals surface area contributed by atoms with Gasteiger partial charge in [-0.1, -0.05) is 0 Å². The lowest BCUT2D eigenvalue weighted by molar-refractivity contribution is -0.145. The highest BCUT2D eigenvalue weighted by atomic mass is 32.2. The van der Waals surface area contributed by atoms with Gasteiger partial charge in [0.05, 0.1) is 18.6 Å². The molecule has 0 aromatic rings. The molecular formula is C14H22N2O3S. The fraction of sp³-hybridized carbons (Fsp3) is 0.857. The summed E-state index contributed by atoms with van der Waals surface area (Å²) in [4.78, 5) is 26.4. The van der Waals surface area contributed by atoms with E-state index in [2.05, 4.69) is 5.32 Å². The summed E-state index contributed by atoms with van der Waals surface area (Å²) in [5, 5.41) is 2.88. The molecule has 3 fully saturated rings. The summed E-state index contributed by atoms with van der Waals surface area (Å²) in [6.07, 6.45) is 2.60. The number of hydrogen-bond donors (Lipinski definition) is 1. The van der Waals surface area contributed by atoms with Crippen molar-refractivity contribution in [1.82, 2.24) is 10.2 Å². The first-order valence-electron chi connectivity index (χ1n) is 7.51. The maximum absolute atomic E-state index is 12.6. The fourth-order valence-electron chi connectivity index (χ4n) is 3.30. The van der Waals surface area contributed by atoms with Crippen LogP contribution in [-0.2, 0) is 14.3 Å². The average molecular weight is 298 g/mol. The van der Waals surface area contributed by atoms with Crippen molar-refractivity contribution in [1.29, 1.82) is 0 Å². The lowest BCUT2D eigenvalue weighted by Gasteiger charge is -2.38. The minimum Gasteiger partial charge on any atom is -0.374 e. The lowest BCUT2D eigenvalue weighted by Crippen LogP contribution is -2.52. The number of amides is 2. The zero-order valence-corrected chi connectivity index (χ0v) is 12.5. The van der Waals surface area contributed by atoms with E-state index in [0.29, 0.717) is 26.2 Å². The molecule has 0 bridgehead atoms. The first kappa shape index (κ1) is 14.2. The van der Waals surface area contributed by atoms with E-state index in [9.17, 15) is 9.59 Å². The van der Waals surface area contributed by atoms with Gasteiger partial charge < -0.3 is 15.0 Å². The van der Waals surface area contributed by atoms with Gasteiger partial charge in [-0.25, -0.2) is 0 Å². The number of hydrogen-bond acceptors (Lipinski definition) is 4. The van der Waals surface area contributed by atoms with Crippen LogP contribution in [0.15, 0.2) is 0 Å². The second kappa shape index (κ2) is 6.35. The average Bonchev–Trinajstić information content (AvgIpc) is 2.69. The predicted octanol–water partition coefficient (Wildman–Crippen LogP) is 0.493. The number of carbonyl (C=O) groups is 2. The Labute approximate surface area is 123 Å². The third-order valence-electron chi connectivity index (χ3n) is 4.51. The maximum atomic E-state index is 12.6. The number of piperidine rings is 1. The first-order chi connectivity index (χ1) is 9.75. The molecule has 2 amide bonds. The highest BCUT2D eigenvalue weighted by Gasteiger charge is 2.39. The number of nitrogens with one attached hydrogen (secondary N) is 1. The Balaban J connectivity index is 1.62. The van der Waals surface area contributed by atoms with Crippen molar-refractivity contribution >= 4 is 23.6 Å². The van der Waals surface area contributed by atoms with Crippen LogP contribution in [0.1, 0.15) is 19.3 Å². The number of fused-ring (bicyclic) bond motifs is 1. The van der Waals surface area contributed by atoms with Crippen molar-refractivity contribution in [3.05, 3.63) is 0 Å². The van der Waals surface area contributed by atoms with Crippen molar-refractivity contribution in [3.63, 3.8) is 0 Å². The van der Waals surface area contributed by atoms with Crippen molar-refractivity contribution in [2.24, 2.45) is 11.8 Å². The molecule has 0 aromatic heterocycles. The summed E-state index contributed by atoms with van der Waals surface area (Å²) in [6.45, 7) is 2.41. The monoisotopic (exact) mass is 298 g/mol. The third kappa shape index (κ3) is 2.96. The molecule has 3 saturated heterocycles. The van der Waals surface area contributed by atoms with E-state index in [1.807, 2.05) is 16.7 Å². The standard InChI is InChI=1S/C14H22N2O3S/c17-13-11-1-5-16(9-12(11)19-6-4-15-13)14(18)10-2-7-20-8-3-10/h10-12H,1-9H2,(H,15,17)/t11-,12+/m0/s1. The summed E-state index contributed by atoms with van der Waals surface area (Å²) in [6, 6.07) is 0. The van der Waals surface area contributed by atoms with Crippen LogP contribution in [0.2, 0.25) is 0 Å². The second-order valence-corrected chi connectivity index (χ2v) is 6.99. The largest absolute Gasteiger partial charge is 0.374 e. The zero-order chi connectivity index (χ0) is 13.9. The Kier molecular flexibility index (Phi) is 4.51. The molecular weight excluding hydrogens is 276 g/mol. The van der Waals surface area contributed by atoms with Gasteiger partial charge >= 0.3 is 0 Å². The molecule has 0 saturated carbocycles. The molecule has 6 heteroatoms. The van der Waals surface area contributed by atoms with Gasteiger partial charge in [-0.05, 0) is 30.8 Å². The van der Waals surface area contributed by atoms with E-state index in [-0.39, 0.29) is 29.8 Å². The molecule has 0 aromatic carbocycles. The van der Waals surface area contributed by atoms with Crippen LogP contribution < -0.4 is 5.32 Å². The van der Waals surface area contributed by atoms with E-state index < -0.39 is 0 Å². The van der Waals surface area contributed by atoms with Gasteiger partial charge in [0.15, 0.2) is 0 Å². The Hall–Kier alpha value is -0.750. The van der Waals surface area contributed by atoms with Gasteiger partial charge in [-0.3, -0.25) is 9.59 Å². The van der Waals surface area contributed by atoms with Crippen molar-refractivity contribution in [3.8, 4) is 0 Å². The summed E-state index contributed by atoms with van der Waals surface area (Å²) in [5.41, 5.74) is 0. The Bertz CT molecular complexity index is 385. The van der Waals surface area contributed by atoms with Crippen molar-refractivity contribution < 1.29 is 14.3 Å². The summed E-state index contributed by atoms with van der Waals surface area (Å²) >= 11 is 1.94. The molecule has 2 atom stereocenters. The number of likely N-dealkylation sites (tertiary alicyclic amines) is 1. The zero-order valence-electron chi connectivity index (χ0n) is 11.7. The van der Waals surface area contributed by atoms with E-state index in [0.717, 1.165) is 30.8 Å². The highest BCUT2D eigenvalue weighted by Crippen LogP contribution is 2.28. The van der Waals surface area contributed by atoms with Crippen LogP contribution >= 0.6 is 11.8 Å². The van der Waals surface area contributed by atoms with Gasteiger partial charge in [0, 0.05) is 25.6 Å². The van der Waals surface area contributed by atoms with Gasteiger partial charge in [-0.15, -0.1) is 0 Å². The topological polar surface area (TPSA) is 58.6 Å². The molecule has 0 radical (unpaired) electrons. The van der Waals surface area contributed by atoms with Crippen LogP contribution in [0.25, 0.3) is 0 Å². The van der Waals surface area contributed by atoms with Crippen molar-refractivity contribution in [2.45, 2.75) is 25.4 Å². The normalized spacial score (nSPS) is 32.2. The minimum absolute atomic E-state index is 0.0801. The second-order valence-electron chi connectivity index (χ2n) is 5.77. The number of ether oxygens (including phenoxy) is 1. The quantitative estimate of drug-likeness (QED) is 0.765. The fourth-order valence-corrected chi connectivity index (χ4v) is 4.41. The van der Waals surface area contributed by atoms with Gasteiger partial charge in [0.1, 0.15) is 0 Å². The molecule has 3 aliphatic rings. The molecule has 3 aliphatic heterocycles. The van der Waals surface area contributed by atoms with E-state index in [1.165, 1.54) is 0 Å². The van der Waals surface area contributed by atoms with Crippen LogP contribution in [0, 0.1) is 11.8 Å². The molecule has 20 heavy (non-hydrogen) atoms. The number of rotatable bonds is 1. The number of thioether (sulfide) groups is 1. The van der Waals surface area contributed by atoms with Crippen molar-refractivity contribution in [2.75, 3.05) is 37.7 Å². The minimum atomic E-state index is -0.117. The SMILES string of the molecule is O=C1NCCO[C@@H]2CN(C(=O)C3CCSCC3)CC[C@H]12. The third-order valence-corrected chi connectivity index (χ3v) is 5.56. The Morgan fingerprint density at radius 1 is 1.30 bits per heavy atom. The molecule has 0 spiro atoms. The smallest absolute Gasteiger partial charge is 0.225 e. The summed E-state index contributed by atoms with van der Waals surface area (Å²) in [5.74, 6) is 2.66. The molecule has 5 nitrogen and oxygen atoms in total. The lowest BCUT2D eigenvalue weighted by atomic mass is 9.91. The maximum Gasteiger partial charge on any atom is 0.225 e. The number of carbonyl (C=O) groups excluding carboxylic acids is 2. The molecule has 1 N–H and O–H groups in total. The van der Waals surface area contributed by atoms with Crippen LogP contribution in [0.3, 0.4) is 0 Å². The molecule has 112 valence electrons. The van der Waals surface area contributed by atoms with Gasteiger partial charge in [0.2, 0.25) is 11.8 Å². The van der Waals surface area contributed by atoms with Crippen LogP contribution in [-0.4, -0.2) is 60.6 Å². The van der Waals surface area contributed by atoms with Gasteiger partial charge in [0.25, 0.3) is 0 Å². The van der Waals surface area contributed by atoms with Crippen LogP contribution in [0.4, 0.5) is 0 Å². The molecule has 0 aliphatic carbocycles. The Morgan fingerprint density at radius 3 is 2.90 bits per heavy atom.